The van der Waals surface area contributed by atoms with E-state index in [2.05, 4.69) is 19.1 Å². The van der Waals surface area contributed by atoms with E-state index >= 15 is 0 Å². The number of carboxylic acid groups (broad SMARTS) is 3. The van der Waals surface area contributed by atoms with Gasteiger partial charge in [0.25, 0.3) is 0 Å². The SMILES string of the molecule is CCCCCCCC/C=C/CCCCCCCC[N+](CCC(=O)O)(CCC(=O)O)CCC(=O)O. The quantitative estimate of drug-likeness (QED) is 0.0800. The van der Waals surface area contributed by atoms with Gasteiger partial charge in [0.05, 0.1) is 45.4 Å². The van der Waals surface area contributed by atoms with Gasteiger partial charge in [0.2, 0.25) is 0 Å². The van der Waals surface area contributed by atoms with Crippen LogP contribution in [0.25, 0.3) is 0 Å². The number of nitrogens with zero attached hydrogens (tertiary/aromatic N) is 1. The highest BCUT2D eigenvalue weighted by Crippen LogP contribution is 2.17. The molecule has 0 saturated carbocycles. The number of unbranched alkanes of at least 4 members (excludes halogenated alkanes) is 12. The van der Waals surface area contributed by atoms with Gasteiger partial charge in [-0.05, 0) is 38.5 Å². The number of rotatable bonds is 25. The second kappa shape index (κ2) is 21.6. The average molecular weight is 485 g/mol. The van der Waals surface area contributed by atoms with Gasteiger partial charge in [-0.2, -0.15) is 0 Å². The fraction of sp³-hybridized carbons (Fsp3) is 0.815. The lowest BCUT2D eigenvalue weighted by molar-refractivity contribution is -0.927. The fourth-order valence-corrected chi connectivity index (χ4v) is 4.36. The number of quaternary nitrogens is 1. The molecule has 0 bridgehead atoms. The molecule has 0 heterocycles. The first-order chi connectivity index (χ1) is 16.3. The minimum atomic E-state index is -0.936. The first-order valence-electron chi connectivity index (χ1n) is 13.5. The highest BCUT2D eigenvalue weighted by molar-refractivity contribution is 5.67. The number of hydrogen-bond acceptors (Lipinski definition) is 3. The second-order valence-corrected chi connectivity index (χ2v) is 9.61. The van der Waals surface area contributed by atoms with Crippen molar-refractivity contribution in [3.05, 3.63) is 12.2 Å². The lowest BCUT2D eigenvalue weighted by Crippen LogP contribution is -2.52. The number of hydrogen-bond donors (Lipinski definition) is 3. The first kappa shape index (κ1) is 32.1. The van der Waals surface area contributed by atoms with E-state index < -0.39 is 17.9 Å². The summed E-state index contributed by atoms with van der Waals surface area (Å²) in [7, 11) is 0. The van der Waals surface area contributed by atoms with Crippen molar-refractivity contribution < 1.29 is 34.2 Å². The van der Waals surface area contributed by atoms with E-state index in [1.807, 2.05) is 0 Å². The summed E-state index contributed by atoms with van der Waals surface area (Å²) in [5.74, 6) is -2.81. The maximum atomic E-state index is 11.1. The summed E-state index contributed by atoms with van der Waals surface area (Å²) in [6, 6.07) is 0. The molecule has 0 unspecified atom stereocenters. The molecule has 0 aliphatic rings. The van der Waals surface area contributed by atoms with E-state index in [-0.39, 0.29) is 43.4 Å². The molecule has 0 aromatic rings. The van der Waals surface area contributed by atoms with Gasteiger partial charge in [-0.25, -0.2) is 0 Å². The average Bonchev–Trinajstić information content (AvgIpc) is 2.79. The van der Waals surface area contributed by atoms with E-state index in [0.717, 1.165) is 32.1 Å². The molecule has 0 fully saturated rings. The van der Waals surface area contributed by atoms with Gasteiger partial charge in [0.1, 0.15) is 0 Å². The topological polar surface area (TPSA) is 112 Å². The van der Waals surface area contributed by atoms with Crippen LogP contribution in [-0.2, 0) is 14.4 Å². The third-order valence-electron chi connectivity index (χ3n) is 6.54. The van der Waals surface area contributed by atoms with Crippen LogP contribution in [0, 0.1) is 0 Å². The molecule has 7 nitrogen and oxygen atoms in total. The number of carbonyl (C=O) groups is 3. The van der Waals surface area contributed by atoms with E-state index in [1.165, 1.54) is 57.8 Å². The molecule has 0 spiro atoms. The Kier molecular flexibility index (Phi) is 20.4. The Morgan fingerprint density at radius 2 is 0.882 bits per heavy atom. The molecule has 0 rings (SSSR count). The molecular formula is C27H50NO6+. The monoisotopic (exact) mass is 484 g/mol. The largest absolute Gasteiger partial charge is 0.481 e. The van der Waals surface area contributed by atoms with Crippen LogP contribution in [-0.4, -0.2) is 63.9 Å². The van der Waals surface area contributed by atoms with Gasteiger partial charge in [0, 0.05) is 0 Å². The summed E-state index contributed by atoms with van der Waals surface area (Å²) in [4.78, 5) is 33.3. The van der Waals surface area contributed by atoms with Gasteiger partial charge in [0.15, 0.2) is 0 Å². The van der Waals surface area contributed by atoms with Gasteiger partial charge >= 0.3 is 17.9 Å². The molecule has 0 radical (unpaired) electrons. The molecule has 7 heteroatoms. The highest BCUT2D eigenvalue weighted by atomic mass is 16.4. The van der Waals surface area contributed by atoms with E-state index in [1.54, 1.807) is 0 Å². The predicted octanol–water partition coefficient (Wildman–Crippen LogP) is 6.26. The van der Waals surface area contributed by atoms with Crippen LogP contribution in [0.5, 0.6) is 0 Å². The Morgan fingerprint density at radius 1 is 0.529 bits per heavy atom. The maximum Gasteiger partial charge on any atom is 0.309 e. The summed E-state index contributed by atoms with van der Waals surface area (Å²) >= 11 is 0. The van der Waals surface area contributed by atoms with Crippen molar-refractivity contribution in [3.63, 3.8) is 0 Å². The van der Waals surface area contributed by atoms with Crippen LogP contribution in [0.2, 0.25) is 0 Å². The number of carboxylic acids is 3. The molecule has 0 aliphatic heterocycles. The van der Waals surface area contributed by atoms with Crippen LogP contribution in [0.15, 0.2) is 12.2 Å². The Morgan fingerprint density at radius 3 is 1.26 bits per heavy atom. The van der Waals surface area contributed by atoms with Crippen molar-refractivity contribution in [2.45, 2.75) is 116 Å². The second-order valence-electron chi connectivity index (χ2n) is 9.61. The third kappa shape index (κ3) is 20.7. The molecular weight excluding hydrogens is 434 g/mol. The van der Waals surface area contributed by atoms with Gasteiger partial charge in [-0.3, -0.25) is 14.4 Å². The molecule has 0 amide bonds. The van der Waals surface area contributed by atoms with Crippen LogP contribution >= 0.6 is 0 Å². The zero-order chi connectivity index (χ0) is 25.5. The van der Waals surface area contributed by atoms with Crippen LogP contribution < -0.4 is 0 Å². The Hall–Kier alpha value is -1.89. The van der Waals surface area contributed by atoms with Crippen molar-refractivity contribution >= 4 is 17.9 Å². The molecule has 0 aromatic heterocycles. The summed E-state index contributed by atoms with van der Waals surface area (Å²) in [6.07, 6.45) is 21.3. The molecule has 0 aromatic carbocycles. The molecule has 198 valence electrons. The standard InChI is InChI=1S/C27H49NO6/c1-2-3-4-5-6-7-8-9-10-11-12-13-14-15-16-17-21-28(22-18-25(29)30,23-19-26(31)32)24-20-27(33)34/h9-10H,2-8,11-24H2,1H3,(H2-,29,30,31,32,33,34)/p+1/b10-9+. The number of aliphatic carboxylic acids is 3. The lowest BCUT2D eigenvalue weighted by atomic mass is 10.1. The normalized spacial score (nSPS) is 11.8. The number of allylic oxidation sites excluding steroid dienone is 2. The lowest BCUT2D eigenvalue weighted by Gasteiger charge is -2.38. The van der Waals surface area contributed by atoms with E-state index in [0.29, 0.717) is 6.54 Å². The van der Waals surface area contributed by atoms with Crippen molar-refractivity contribution in [1.29, 1.82) is 0 Å². The molecule has 0 saturated heterocycles. The van der Waals surface area contributed by atoms with Crippen LogP contribution in [0.4, 0.5) is 0 Å². The molecule has 3 N–H and O–H groups in total. The van der Waals surface area contributed by atoms with E-state index in [9.17, 15) is 14.4 Å². The van der Waals surface area contributed by atoms with Crippen LogP contribution in [0.1, 0.15) is 116 Å². The highest BCUT2D eigenvalue weighted by Gasteiger charge is 2.29. The molecule has 0 aliphatic carbocycles. The van der Waals surface area contributed by atoms with Crippen molar-refractivity contribution in [1.82, 2.24) is 0 Å². The zero-order valence-corrected chi connectivity index (χ0v) is 21.5. The van der Waals surface area contributed by atoms with E-state index in [4.69, 9.17) is 15.3 Å². The zero-order valence-electron chi connectivity index (χ0n) is 21.5. The van der Waals surface area contributed by atoms with Crippen LogP contribution in [0.3, 0.4) is 0 Å². The van der Waals surface area contributed by atoms with Gasteiger partial charge in [-0.15, -0.1) is 0 Å². The summed E-state index contributed by atoms with van der Waals surface area (Å²) in [6.45, 7) is 3.71. The molecule has 0 atom stereocenters. The maximum absolute atomic E-state index is 11.1. The fourth-order valence-electron chi connectivity index (χ4n) is 4.36. The van der Waals surface area contributed by atoms with Crippen molar-refractivity contribution in [3.8, 4) is 0 Å². The Balaban J connectivity index is 4.13. The van der Waals surface area contributed by atoms with Crippen molar-refractivity contribution in [2.24, 2.45) is 0 Å². The third-order valence-corrected chi connectivity index (χ3v) is 6.54. The Labute approximate surface area is 206 Å². The Bertz CT molecular complexity index is 530. The van der Waals surface area contributed by atoms with Gasteiger partial charge < -0.3 is 19.8 Å². The summed E-state index contributed by atoms with van der Waals surface area (Å²) in [5, 5.41) is 27.3. The molecule has 34 heavy (non-hydrogen) atoms. The summed E-state index contributed by atoms with van der Waals surface area (Å²) < 4.78 is 0.258. The minimum absolute atomic E-state index is 0.0778. The van der Waals surface area contributed by atoms with Crippen molar-refractivity contribution in [2.75, 3.05) is 26.2 Å². The van der Waals surface area contributed by atoms with Gasteiger partial charge in [-0.1, -0.05) is 70.4 Å². The smallest absolute Gasteiger partial charge is 0.309 e. The predicted molar refractivity (Wildman–Crippen MR) is 136 cm³/mol. The summed E-state index contributed by atoms with van der Waals surface area (Å²) in [5.41, 5.74) is 0. The first-order valence-corrected chi connectivity index (χ1v) is 13.5. The minimum Gasteiger partial charge on any atom is -0.481 e.